The molecule has 0 aromatic heterocycles. The smallest absolute Gasteiger partial charge is 0.151 e. The standard InChI is InChI=1S/C13H18FNO3S/c1-18-8-13(7-15)11(12(13)19(2,16)17)9-4-3-5-10(14)6-9/h3-6,11-12H,7-8,15H2,1-2H3/t11-,12-,13-/m1/s1. The first-order valence-electron chi connectivity index (χ1n) is 6.00. The van der Waals surface area contributed by atoms with Crippen molar-refractivity contribution in [3.63, 3.8) is 0 Å². The lowest BCUT2D eigenvalue weighted by Crippen LogP contribution is -2.28. The molecular weight excluding hydrogens is 269 g/mol. The summed E-state index contributed by atoms with van der Waals surface area (Å²) in [6, 6.07) is 6.02. The third kappa shape index (κ3) is 2.40. The van der Waals surface area contributed by atoms with Crippen molar-refractivity contribution in [1.29, 1.82) is 0 Å². The van der Waals surface area contributed by atoms with E-state index in [0.717, 1.165) is 0 Å². The lowest BCUT2D eigenvalue weighted by Gasteiger charge is -2.14. The molecule has 106 valence electrons. The van der Waals surface area contributed by atoms with Crippen molar-refractivity contribution in [2.24, 2.45) is 11.1 Å². The Balaban J connectivity index is 2.44. The Morgan fingerprint density at radius 3 is 2.63 bits per heavy atom. The van der Waals surface area contributed by atoms with Gasteiger partial charge in [0.25, 0.3) is 0 Å². The number of nitrogens with two attached hydrogens (primary N) is 1. The van der Waals surface area contributed by atoms with Gasteiger partial charge in [-0.15, -0.1) is 0 Å². The minimum Gasteiger partial charge on any atom is -0.384 e. The van der Waals surface area contributed by atoms with Gasteiger partial charge in [-0.3, -0.25) is 0 Å². The van der Waals surface area contributed by atoms with Crippen LogP contribution in [-0.2, 0) is 14.6 Å². The maximum Gasteiger partial charge on any atom is 0.151 e. The van der Waals surface area contributed by atoms with Gasteiger partial charge in [0.05, 0.1) is 11.9 Å². The molecule has 1 fully saturated rings. The summed E-state index contributed by atoms with van der Waals surface area (Å²) in [5.74, 6) is -0.678. The molecule has 6 heteroatoms. The van der Waals surface area contributed by atoms with Gasteiger partial charge in [-0.1, -0.05) is 12.1 Å². The number of ether oxygens (including phenoxy) is 1. The number of hydrogen-bond donors (Lipinski definition) is 1. The zero-order chi connectivity index (χ0) is 14.3. The second kappa shape index (κ2) is 4.85. The molecule has 0 radical (unpaired) electrons. The summed E-state index contributed by atoms with van der Waals surface area (Å²) in [6.45, 7) is 0.447. The number of sulfone groups is 1. The SMILES string of the molecule is COC[C@]1(CN)[C@H](c2cccc(F)c2)[C@H]1S(C)(=O)=O. The van der Waals surface area contributed by atoms with E-state index in [0.29, 0.717) is 5.56 Å². The zero-order valence-electron chi connectivity index (χ0n) is 11.0. The molecule has 3 atom stereocenters. The van der Waals surface area contributed by atoms with Crippen LogP contribution in [0.5, 0.6) is 0 Å². The maximum absolute atomic E-state index is 13.3. The molecule has 1 saturated carbocycles. The molecule has 0 aliphatic heterocycles. The molecule has 1 aromatic carbocycles. The van der Waals surface area contributed by atoms with Crippen molar-refractivity contribution in [2.75, 3.05) is 26.5 Å². The van der Waals surface area contributed by atoms with Gasteiger partial charge in [-0.05, 0) is 17.7 Å². The molecule has 1 aliphatic rings. The van der Waals surface area contributed by atoms with Crippen LogP contribution >= 0.6 is 0 Å². The van der Waals surface area contributed by atoms with Crippen LogP contribution in [-0.4, -0.2) is 40.2 Å². The number of rotatable bonds is 5. The van der Waals surface area contributed by atoms with E-state index in [1.165, 1.54) is 25.5 Å². The fraction of sp³-hybridized carbons (Fsp3) is 0.538. The second-order valence-electron chi connectivity index (χ2n) is 5.15. The Bertz CT molecular complexity index is 575. The summed E-state index contributed by atoms with van der Waals surface area (Å²) in [5, 5.41) is -0.605. The third-order valence-electron chi connectivity index (χ3n) is 3.84. The van der Waals surface area contributed by atoms with Gasteiger partial charge in [-0.2, -0.15) is 0 Å². The lowest BCUT2D eigenvalue weighted by atomic mass is 10.00. The van der Waals surface area contributed by atoms with Gasteiger partial charge < -0.3 is 10.5 Å². The largest absolute Gasteiger partial charge is 0.384 e. The lowest BCUT2D eigenvalue weighted by molar-refractivity contribution is 0.142. The van der Waals surface area contributed by atoms with E-state index in [2.05, 4.69) is 0 Å². The van der Waals surface area contributed by atoms with Crippen LogP contribution in [0.4, 0.5) is 4.39 Å². The van der Waals surface area contributed by atoms with E-state index in [1.54, 1.807) is 12.1 Å². The Morgan fingerprint density at radius 2 is 2.16 bits per heavy atom. The van der Waals surface area contributed by atoms with Crippen LogP contribution in [0.15, 0.2) is 24.3 Å². The topological polar surface area (TPSA) is 69.4 Å². The van der Waals surface area contributed by atoms with Gasteiger partial charge in [0.2, 0.25) is 0 Å². The molecule has 2 N–H and O–H groups in total. The fourth-order valence-electron chi connectivity index (χ4n) is 3.08. The van der Waals surface area contributed by atoms with Gasteiger partial charge in [0, 0.05) is 31.2 Å². The molecule has 0 amide bonds. The number of halogens is 1. The van der Waals surface area contributed by atoms with E-state index in [1.807, 2.05) is 0 Å². The number of methoxy groups -OCH3 is 1. The van der Waals surface area contributed by atoms with Gasteiger partial charge in [0.15, 0.2) is 9.84 Å². The van der Waals surface area contributed by atoms with E-state index in [4.69, 9.17) is 10.5 Å². The monoisotopic (exact) mass is 287 g/mol. The molecule has 0 saturated heterocycles. The van der Waals surface area contributed by atoms with Gasteiger partial charge in [-0.25, -0.2) is 12.8 Å². The molecule has 19 heavy (non-hydrogen) atoms. The summed E-state index contributed by atoms with van der Waals surface area (Å²) in [6.07, 6.45) is 1.19. The summed E-state index contributed by atoms with van der Waals surface area (Å²) >= 11 is 0. The minimum atomic E-state index is -3.26. The van der Waals surface area contributed by atoms with Crippen LogP contribution in [0.3, 0.4) is 0 Å². The van der Waals surface area contributed by atoms with Crippen LogP contribution in [0, 0.1) is 11.2 Å². The normalized spacial score (nSPS) is 30.3. The molecule has 0 heterocycles. The number of benzene rings is 1. The molecule has 2 rings (SSSR count). The van der Waals surface area contributed by atoms with Crippen LogP contribution in [0.2, 0.25) is 0 Å². The summed E-state index contributed by atoms with van der Waals surface area (Å²) in [5.41, 5.74) is 5.79. The van der Waals surface area contributed by atoms with E-state index < -0.39 is 20.5 Å². The minimum absolute atomic E-state index is 0.194. The molecule has 4 nitrogen and oxygen atoms in total. The Hall–Kier alpha value is -0.980. The van der Waals surface area contributed by atoms with Crippen molar-refractivity contribution in [2.45, 2.75) is 11.2 Å². The highest BCUT2D eigenvalue weighted by Crippen LogP contribution is 2.62. The highest BCUT2D eigenvalue weighted by atomic mass is 32.2. The summed E-state index contributed by atoms with van der Waals surface area (Å²) in [4.78, 5) is 0. The quantitative estimate of drug-likeness (QED) is 0.874. The van der Waals surface area contributed by atoms with Crippen molar-refractivity contribution >= 4 is 9.84 Å². The summed E-state index contributed by atoms with van der Waals surface area (Å²) in [7, 11) is -1.75. The first-order chi connectivity index (χ1) is 8.86. The predicted molar refractivity (Wildman–Crippen MR) is 71.1 cm³/mol. The predicted octanol–water partition coefficient (Wildman–Crippen LogP) is 0.928. The number of hydrogen-bond acceptors (Lipinski definition) is 4. The molecule has 0 bridgehead atoms. The molecule has 0 spiro atoms. The van der Waals surface area contributed by atoms with Crippen molar-refractivity contribution in [3.05, 3.63) is 35.6 Å². The van der Waals surface area contributed by atoms with Gasteiger partial charge >= 0.3 is 0 Å². The van der Waals surface area contributed by atoms with E-state index >= 15 is 0 Å². The Labute approximate surface area is 112 Å². The average molecular weight is 287 g/mol. The van der Waals surface area contributed by atoms with Crippen LogP contribution in [0.1, 0.15) is 11.5 Å². The molecule has 1 aliphatic carbocycles. The van der Waals surface area contributed by atoms with E-state index in [9.17, 15) is 12.8 Å². The zero-order valence-corrected chi connectivity index (χ0v) is 11.8. The molecular formula is C13H18FNO3S. The van der Waals surface area contributed by atoms with E-state index in [-0.39, 0.29) is 24.9 Å². The molecule has 1 aromatic rings. The second-order valence-corrected chi connectivity index (χ2v) is 7.32. The Kier molecular flexibility index (Phi) is 3.68. The first kappa shape index (κ1) is 14.4. The summed E-state index contributed by atoms with van der Waals surface area (Å²) < 4.78 is 42.3. The first-order valence-corrected chi connectivity index (χ1v) is 7.95. The van der Waals surface area contributed by atoms with Crippen LogP contribution < -0.4 is 5.73 Å². The fourth-order valence-corrected chi connectivity index (χ4v) is 5.08. The van der Waals surface area contributed by atoms with Crippen molar-refractivity contribution < 1.29 is 17.5 Å². The van der Waals surface area contributed by atoms with Gasteiger partial charge in [0.1, 0.15) is 5.82 Å². The highest BCUT2D eigenvalue weighted by molar-refractivity contribution is 7.91. The molecule has 0 unspecified atom stereocenters. The average Bonchev–Trinajstić information content (AvgIpc) is 2.99. The maximum atomic E-state index is 13.3. The Morgan fingerprint density at radius 1 is 1.47 bits per heavy atom. The van der Waals surface area contributed by atoms with Crippen LogP contribution in [0.25, 0.3) is 0 Å². The van der Waals surface area contributed by atoms with Crippen molar-refractivity contribution in [3.8, 4) is 0 Å². The third-order valence-corrected chi connectivity index (χ3v) is 5.51. The van der Waals surface area contributed by atoms with Crippen molar-refractivity contribution in [1.82, 2.24) is 0 Å². The highest BCUT2D eigenvalue weighted by Gasteiger charge is 2.69.